The number of hydrogen-bond donors (Lipinski definition) is 2. The molecule has 4 rings (SSSR count). The van der Waals surface area contributed by atoms with Crippen LogP contribution in [0.3, 0.4) is 0 Å². The van der Waals surface area contributed by atoms with Crippen molar-refractivity contribution in [2.75, 3.05) is 12.8 Å². The van der Waals surface area contributed by atoms with Crippen LogP contribution in [0.4, 0.5) is 14.6 Å². The maximum atomic E-state index is 13.3. The molecular weight excluding hydrogens is 469 g/mol. The number of nitrogen functional groups attached to an aromatic ring is 1. The molecule has 0 radical (unpaired) electrons. The van der Waals surface area contributed by atoms with Gasteiger partial charge in [0.25, 0.3) is 5.82 Å². The van der Waals surface area contributed by atoms with Gasteiger partial charge in [0.1, 0.15) is 22.9 Å². The number of rotatable bonds is 9. The Morgan fingerprint density at radius 1 is 1.15 bits per heavy atom. The first kappa shape index (κ1) is 23.7. The van der Waals surface area contributed by atoms with Crippen LogP contribution in [0, 0.1) is 11.6 Å². The van der Waals surface area contributed by atoms with Crippen molar-refractivity contribution >= 4 is 14.4 Å². The van der Waals surface area contributed by atoms with Crippen molar-refractivity contribution in [1.29, 1.82) is 0 Å². The Morgan fingerprint density at radius 2 is 1.94 bits per heavy atom. The lowest BCUT2D eigenvalue weighted by atomic mass is 10.1. The monoisotopic (exact) mass is 489 g/mol. The summed E-state index contributed by atoms with van der Waals surface area (Å²) in [4.78, 5) is 13.6. The number of nitrogens with zero attached hydrogens (tertiary/aromatic N) is 3. The topological polar surface area (TPSA) is 117 Å². The van der Waals surface area contributed by atoms with Gasteiger partial charge in [0.15, 0.2) is 12.5 Å². The molecular formula is C22H20F2N4O5P+. The van der Waals surface area contributed by atoms with Crippen LogP contribution < -0.4 is 15.0 Å². The van der Waals surface area contributed by atoms with E-state index in [9.17, 15) is 13.7 Å². The van der Waals surface area contributed by atoms with Gasteiger partial charge in [0.05, 0.1) is 11.9 Å². The van der Waals surface area contributed by atoms with Crippen LogP contribution >= 0.6 is 8.60 Å². The Bertz CT molecular complexity index is 1250. The lowest BCUT2D eigenvalue weighted by molar-refractivity contribution is -0.711. The summed E-state index contributed by atoms with van der Waals surface area (Å²) in [7, 11) is -0.642. The number of ether oxygens (including phenoxy) is 1. The molecule has 0 aliphatic carbocycles. The minimum Gasteiger partial charge on any atom is -0.439 e. The third-order valence-electron chi connectivity index (χ3n) is 4.64. The van der Waals surface area contributed by atoms with Gasteiger partial charge in [-0.05, 0) is 17.7 Å². The molecule has 0 bridgehead atoms. The molecule has 1 aromatic carbocycles. The van der Waals surface area contributed by atoms with Crippen molar-refractivity contribution in [2.24, 2.45) is 0 Å². The molecule has 0 aliphatic heterocycles. The fraction of sp³-hybridized carbons (Fsp3) is 0.136. The number of aromatic nitrogens is 3. The molecule has 0 spiro atoms. The quantitative estimate of drug-likeness (QED) is 0.267. The van der Waals surface area contributed by atoms with Crippen molar-refractivity contribution in [2.45, 2.75) is 13.2 Å². The standard InChI is InChI=1S/C22H19F2N4O5P/c1-30-34(29)31-13-28-6-2-3-19(22(28)25)20-11-17(27-33-20)7-14-4-5-21(26-12-14)32-18-9-15(23)8-16(24)10-18/h2-6,8-12,25,29H,7,13H2,1H3/p+1. The van der Waals surface area contributed by atoms with Gasteiger partial charge >= 0.3 is 8.60 Å². The van der Waals surface area contributed by atoms with Gasteiger partial charge in [-0.2, -0.15) is 0 Å². The van der Waals surface area contributed by atoms with Crippen molar-refractivity contribution in [3.05, 3.63) is 83.8 Å². The minimum absolute atomic E-state index is 0.000928. The van der Waals surface area contributed by atoms with Crippen LogP contribution in [-0.2, 0) is 22.2 Å². The highest BCUT2D eigenvalue weighted by Gasteiger charge is 2.18. The zero-order valence-corrected chi connectivity index (χ0v) is 18.8. The average Bonchev–Trinajstić information content (AvgIpc) is 3.27. The maximum Gasteiger partial charge on any atom is 0.332 e. The van der Waals surface area contributed by atoms with Gasteiger partial charge < -0.3 is 18.7 Å². The van der Waals surface area contributed by atoms with Gasteiger partial charge in [-0.25, -0.2) is 18.3 Å². The second-order valence-electron chi connectivity index (χ2n) is 7.03. The normalized spacial score (nSPS) is 12.0. The first-order valence-electron chi connectivity index (χ1n) is 9.90. The molecule has 4 aromatic rings. The molecule has 0 aliphatic rings. The Morgan fingerprint density at radius 3 is 2.65 bits per heavy atom. The molecule has 3 N–H and O–H groups in total. The third-order valence-corrected chi connectivity index (χ3v) is 5.29. The predicted octanol–water partition coefficient (Wildman–Crippen LogP) is 4.11. The number of anilines is 1. The summed E-state index contributed by atoms with van der Waals surface area (Å²) in [6, 6.07) is 11.5. The molecule has 1 unspecified atom stereocenters. The van der Waals surface area contributed by atoms with E-state index in [1.165, 1.54) is 7.11 Å². The molecule has 0 saturated carbocycles. The Kier molecular flexibility index (Phi) is 7.39. The first-order valence-corrected chi connectivity index (χ1v) is 11.0. The smallest absolute Gasteiger partial charge is 0.332 e. The molecule has 34 heavy (non-hydrogen) atoms. The van der Waals surface area contributed by atoms with E-state index in [0.29, 0.717) is 29.3 Å². The van der Waals surface area contributed by atoms with E-state index in [2.05, 4.69) is 10.1 Å². The fourth-order valence-corrected chi connectivity index (χ4v) is 3.39. The molecule has 0 fully saturated rings. The highest BCUT2D eigenvalue weighted by atomic mass is 31.2. The predicted molar refractivity (Wildman–Crippen MR) is 117 cm³/mol. The molecule has 176 valence electrons. The Labute approximate surface area is 194 Å². The van der Waals surface area contributed by atoms with Gasteiger partial charge in [-0.1, -0.05) is 11.2 Å². The lowest BCUT2D eigenvalue weighted by Gasteiger charge is -2.08. The molecule has 9 nitrogen and oxygen atoms in total. The van der Waals surface area contributed by atoms with Crippen LogP contribution in [0.2, 0.25) is 0 Å². The third kappa shape index (κ3) is 5.89. The van der Waals surface area contributed by atoms with Gasteiger partial charge in [-0.15, -0.1) is 0 Å². The van der Waals surface area contributed by atoms with E-state index < -0.39 is 20.2 Å². The summed E-state index contributed by atoms with van der Waals surface area (Å²) < 4.78 is 48.9. The van der Waals surface area contributed by atoms with Crippen molar-refractivity contribution in [1.82, 2.24) is 10.1 Å². The number of nitrogens with two attached hydrogens (primary N) is 1. The molecule has 0 saturated heterocycles. The van der Waals surface area contributed by atoms with E-state index in [-0.39, 0.29) is 18.4 Å². The van der Waals surface area contributed by atoms with Crippen LogP contribution in [0.5, 0.6) is 11.6 Å². The first-order chi connectivity index (χ1) is 16.4. The number of halogens is 2. The second kappa shape index (κ2) is 10.6. The summed E-state index contributed by atoms with van der Waals surface area (Å²) in [5, 5.41) is 4.09. The highest BCUT2D eigenvalue weighted by Crippen LogP contribution is 2.31. The second-order valence-corrected chi connectivity index (χ2v) is 8.13. The zero-order valence-electron chi connectivity index (χ0n) is 17.9. The summed E-state index contributed by atoms with van der Waals surface area (Å²) >= 11 is 0. The average molecular weight is 489 g/mol. The zero-order chi connectivity index (χ0) is 24.1. The van der Waals surface area contributed by atoms with Crippen molar-refractivity contribution in [3.8, 4) is 23.0 Å². The molecule has 3 heterocycles. The van der Waals surface area contributed by atoms with Crippen molar-refractivity contribution < 1.29 is 36.5 Å². The van der Waals surface area contributed by atoms with E-state index in [1.807, 2.05) is 0 Å². The summed E-state index contributed by atoms with van der Waals surface area (Å²) in [5.74, 6) is -0.446. The number of hydrogen-bond acceptors (Lipinski definition) is 8. The van der Waals surface area contributed by atoms with Gasteiger partial charge in [0, 0.05) is 50.1 Å². The van der Waals surface area contributed by atoms with Gasteiger partial charge in [-0.3, -0.25) is 10.3 Å². The van der Waals surface area contributed by atoms with E-state index in [1.54, 1.807) is 47.3 Å². The van der Waals surface area contributed by atoms with Crippen LogP contribution in [0.15, 0.2) is 65.4 Å². The molecule has 12 heteroatoms. The summed E-state index contributed by atoms with van der Waals surface area (Å²) in [6.07, 6.45) is 3.69. The molecule has 3 aromatic heterocycles. The summed E-state index contributed by atoms with van der Waals surface area (Å²) in [5.41, 5.74) is 8.28. The summed E-state index contributed by atoms with van der Waals surface area (Å²) in [6.45, 7) is -0.000928. The number of benzene rings is 1. The molecule has 1 atom stereocenters. The Hall–Kier alpha value is -3.50. The maximum absolute atomic E-state index is 13.3. The van der Waals surface area contributed by atoms with Crippen molar-refractivity contribution in [3.63, 3.8) is 0 Å². The van der Waals surface area contributed by atoms with E-state index >= 15 is 0 Å². The number of pyridine rings is 2. The fourth-order valence-electron chi connectivity index (χ4n) is 3.06. The van der Waals surface area contributed by atoms with Crippen LogP contribution in [0.1, 0.15) is 11.3 Å². The highest BCUT2D eigenvalue weighted by molar-refractivity contribution is 7.40. The minimum atomic E-state index is -1.98. The van der Waals surface area contributed by atoms with E-state index in [4.69, 9.17) is 24.0 Å². The lowest BCUT2D eigenvalue weighted by Crippen LogP contribution is -2.37. The van der Waals surface area contributed by atoms with Gasteiger partial charge in [0.2, 0.25) is 5.88 Å². The SMILES string of the molecule is COP(O)OC[n+]1cccc(-c2cc(Cc3ccc(Oc4cc(F)cc(F)c4)nc3)no2)c1N. The Balaban J connectivity index is 1.43. The molecule has 0 amide bonds. The van der Waals surface area contributed by atoms with Crippen LogP contribution in [0.25, 0.3) is 11.3 Å². The van der Waals surface area contributed by atoms with E-state index in [0.717, 1.165) is 23.8 Å². The van der Waals surface area contributed by atoms with Crippen LogP contribution in [-0.4, -0.2) is 22.1 Å². The largest absolute Gasteiger partial charge is 0.439 e.